The maximum absolute atomic E-state index is 11.8. The smallest absolute Gasteiger partial charge is 0.310 e. The van der Waals surface area contributed by atoms with Gasteiger partial charge in [-0.05, 0) is 13.3 Å². The summed E-state index contributed by atoms with van der Waals surface area (Å²) in [6.45, 7) is 4.75. The van der Waals surface area contributed by atoms with E-state index < -0.39 is 0 Å². The first-order valence-electron chi connectivity index (χ1n) is 6.47. The highest BCUT2D eigenvalue weighted by Crippen LogP contribution is 2.23. The van der Waals surface area contributed by atoms with Crippen LogP contribution in [0.25, 0.3) is 0 Å². The van der Waals surface area contributed by atoms with E-state index in [0.717, 1.165) is 12.8 Å². The minimum atomic E-state index is -0.263. The van der Waals surface area contributed by atoms with Crippen LogP contribution in [-0.4, -0.2) is 36.5 Å². The Labute approximate surface area is 103 Å². The third-order valence-electron chi connectivity index (χ3n) is 3.45. The molecule has 2 atom stereocenters. The van der Waals surface area contributed by atoms with Gasteiger partial charge in [0.15, 0.2) is 0 Å². The maximum Gasteiger partial charge on any atom is 0.310 e. The highest BCUT2D eigenvalue weighted by molar-refractivity contribution is 5.86. The number of esters is 1. The number of methoxy groups -OCH3 is 1. The normalized spacial score (nSPS) is 21.7. The van der Waals surface area contributed by atoms with Gasteiger partial charge < -0.3 is 9.64 Å². The molecule has 1 rings (SSSR count). The van der Waals surface area contributed by atoms with Crippen molar-refractivity contribution in [1.82, 2.24) is 4.90 Å². The third-order valence-corrected chi connectivity index (χ3v) is 3.45. The Morgan fingerprint density at radius 1 is 1.53 bits per heavy atom. The molecule has 0 saturated carbocycles. The van der Waals surface area contributed by atoms with Crippen LogP contribution in [0.1, 0.15) is 46.0 Å². The zero-order valence-corrected chi connectivity index (χ0v) is 11.1. The van der Waals surface area contributed by atoms with Crippen LogP contribution in [-0.2, 0) is 14.3 Å². The molecule has 0 aliphatic carbocycles. The lowest BCUT2D eigenvalue weighted by Crippen LogP contribution is -2.35. The molecule has 0 spiro atoms. The number of hydrogen-bond acceptors (Lipinski definition) is 3. The van der Waals surface area contributed by atoms with Gasteiger partial charge in [0, 0.05) is 19.0 Å². The molecule has 17 heavy (non-hydrogen) atoms. The standard InChI is InChI=1S/C13H23NO3/c1-4-5-6-7-10(2)14-9-11(8-12(14)15)13(16)17-3/h10-11H,4-9H2,1-3H3. The molecule has 1 aliphatic rings. The number of amides is 1. The van der Waals surface area contributed by atoms with E-state index in [1.807, 2.05) is 4.90 Å². The van der Waals surface area contributed by atoms with Gasteiger partial charge in [-0.15, -0.1) is 0 Å². The number of unbranched alkanes of at least 4 members (excludes halogenated alkanes) is 2. The summed E-state index contributed by atoms with van der Waals surface area (Å²) in [6.07, 6.45) is 4.86. The Bertz CT molecular complexity index is 278. The molecule has 0 N–H and O–H groups in total. The molecule has 0 aromatic heterocycles. The van der Waals surface area contributed by atoms with Crippen molar-refractivity contribution in [3.8, 4) is 0 Å². The Morgan fingerprint density at radius 3 is 2.82 bits per heavy atom. The van der Waals surface area contributed by atoms with Gasteiger partial charge in [-0.2, -0.15) is 0 Å². The Balaban J connectivity index is 2.43. The predicted octanol–water partition coefficient (Wildman–Crippen LogP) is 1.98. The summed E-state index contributed by atoms with van der Waals surface area (Å²) in [6, 6.07) is 0.240. The fourth-order valence-electron chi connectivity index (χ4n) is 2.33. The van der Waals surface area contributed by atoms with E-state index in [0.29, 0.717) is 13.0 Å². The second kappa shape index (κ2) is 6.62. The van der Waals surface area contributed by atoms with E-state index in [2.05, 4.69) is 13.8 Å². The molecule has 1 amide bonds. The van der Waals surface area contributed by atoms with Crippen molar-refractivity contribution in [2.24, 2.45) is 5.92 Å². The molecule has 0 radical (unpaired) electrons. The molecule has 4 nitrogen and oxygen atoms in total. The lowest BCUT2D eigenvalue weighted by Gasteiger charge is -2.24. The zero-order valence-electron chi connectivity index (χ0n) is 11.1. The zero-order chi connectivity index (χ0) is 12.8. The highest BCUT2D eigenvalue weighted by Gasteiger charge is 2.36. The molecule has 0 aromatic carbocycles. The molecule has 98 valence electrons. The fourth-order valence-corrected chi connectivity index (χ4v) is 2.33. The van der Waals surface area contributed by atoms with E-state index in [-0.39, 0.29) is 23.8 Å². The van der Waals surface area contributed by atoms with Crippen molar-refractivity contribution in [2.45, 2.75) is 52.0 Å². The molecule has 1 fully saturated rings. The van der Waals surface area contributed by atoms with E-state index in [1.165, 1.54) is 20.0 Å². The van der Waals surface area contributed by atoms with Crippen LogP contribution in [0.2, 0.25) is 0 Å². The van der Waals surface area contributed by atoms with Gasteiger partial charge in [0.05, 0.1) is 13.0 Å². The minimum Gasteiger partial charge on any atom is -0.469 e. The third kappa shape index (κ3) is 3.72. The number of likely N-dealkylation sites (tertiary alicyclic amines) is 1. The quantitative estimate of drug-likeness (QED) is 0.527. The summed E-state index contributed by atoms with van der Waals surface area (Å²) in [5.41, 5.74) is 0. The van der Waals surface area contributed by atoms with Gasteiger partial charge in [0.2, 0.25) is 5.91 Å². The van der Waals surface area contributed by atoms with E-state index >= 15 is 0 Å². The molecule has 0 aromatic rings. The summed E-state index contributed by atoms with van der Waals surface area (Å²) in [5.74, 6) is -0.438. The van der Waals surface area contributed by atoms with Crippen LogP contribution >= 0.6 is 0 Å². The monoisotopic (exact) mass is 241 g/mol. The number of nitrogens with zero attached hydrogens (tertiary/aromatic N) is 1. The molecular formula is C13H23NO3. The van der Waals surface area contributed by atoms with Crippen LogP contribution in [0.4, 0.5) is 0 Å². The van der Waals surface area contributed by atoms with Crippen LogP contribution in [0.3, 0.4) is 0 Å². The fraction of sp³-hybridized carbons (Fsp3) is 0.846. The molecular weight excluding hydrogens is 218 g/mol. The van der Waals surface area contributed by atoms with Gasteiger partial charge in [0.1, 0.15) is 0 Å². The van der Waals surface area contributed by atoms with Gasteiger partial charge >= 0.3 is 5.97 Å². The number of hydrogen-bond donors (Lipinski definition) is 0. The molecule has 4 heteroatoms. The summed E-state index contributed by atoms with van der Waals surface area (Å²) in [5, 5.41) is 0. The van der Waals surface area contributed by atoms with Gasteiger partial charge in [0.25, 0.3) is 0 Å². The average molecular weight is 241 g/mol. The lowest BCUT2D eigenvalue weighted by molar-refractivity contribution is -0.145. The van der Waals surface area contributed by atoms with Gasteiger partial charge in [-0.25, -0.2) is 0 Å². The summed E-state index contributed by atoms with van der Waals surface area (Å²) in [4.78, 5) is 25.0. The van der Waals surface area contributed by atoms with Gasteiger partial charge in [-0.1, -0.05) is 26.2 Å². The van der Waals surface area contributed by atoms with Crippen molar-refractivity contribution in [3.63, 3.8) is 0 Å². The average Bonchev–Trinajstić information content (AvgIpc) is 2.70. The minimum absolute atomic E-state index is 0.0874. The van der Waals surface area contributed by atoms with Crippen LogP contribution < -0.4 is 0 Å². The molecule has 1 aliphatic heterocycles. The van der Waals surface area contributed by atoms with Crippen LogP contribution in [0, 0.1) is 5.92 Å². The predicted molar refractivity (Wildman–Crippen MR) is 65.4 cm³/mol. The topological polar surface area (TPSA) is 46.6 Å². The van der Waals surface area contributed by atoms with E-state index in [4.69, 9.17) is 4.74 Å². The van der Waals surface area contributed by atoms with Gasteiger partial charge in [-0.3, -0.25) is 9.59 Å². The van der Waals surface area contributed by atoms with Crippen molar-refractivity contribution in [3.05, 3.63) is 0 Å². The Hall–Kier alpha value is -1.06. The number of ether oxygens (including phenoxy) is 1. The number of carbonyl (C=O) groups excluding carboxylic acids is 2. The Morgan fingerprint density at radius 2 is 2.24 bits per heavy atom. The van der Waals surface area contributed by atoms with Crippen molar-refractivity contribution < 1.29 is 14.3 Å². The molecule has 0 bridgehead atoms. The summed E-state index contributed by atoms with van der Waals surface area (Å²) in [7, 11) is 1.38. The van der Waals surface area contributed by atoms with Crippen molar-refractivity contribution in [2.75, 3.05) is 13.7 Å². The molecule has 2 unspecified atom stereocenters. The number of rotatable bonds is 6. The molecule has 1 heterocycles. The summed E-state index contributed by atoms with van der Waals surface area (Å²) >= 11 is 0. The Kier molecular flexibility index (Phi) is 5.45. The summed E-state index contributed by atoms with van der Waals surface area (Å²) < 4.78 is 4.69. The first kappa shape index (κ1) is 14.0. The largest absolute Gasteiger partial charge is 0.469 e. The van der Waals surface area contributed by atoms with E-state index in [1.54, 1.807) is 0 Å². The molecule has 1 saturated heterocycles. The highest BCUT2D eigenvalue weighted by atomic mass is 16.5. The number of carbonyl (C=O) groups is 2. The first-order valence-corrected chi connectivity index (χ1v) is 6.47. The second-order valence-electron chi connectivity index (χ2n) is 4.82. The van der Waals surface area contributed by atoms with Crippen molar-refractivity contribution >= 4 is 11.9 Å². The lowest BCUT2D eigenvalue weighted by atomic mass is 10.1. The maximum atomic E-state index is 11.8. The van der Waals surface area contributed by atoms with E-state index in [9.17, 15) is 9.59 Å². The van der Waals surface area contributed by atoms with Crippen LogP contribution in [0.15, 0.2) is 0 Å². The first-order chi connectivity index (χ1) is 8.10. The second-order valence-corrected chi connectivity index (χ2v) is 4.82. The SMILES string of the molecule is CCCCCC(C)N1CC(C(=O)OC)CC1=O. The van der Waals surface area contributed by atoms with Crippen molar-refractivity contribution in [1.29, 1.82) is 0 Å². The van der Waals surface area contributed by atoms with Crippen LogP contribution in [0.5, 0.6) is 0 Å².